The van der Waals surface area contributed by atoms with Crippen molar-refractivity contribution >= 4 is 85.9 Å². The van der Waals surface area contributed by atoms with Crippen LogP contribution in [0.4, 0.5) is 0 Å². The Morgan fingerprint density at radius 2 is 1.05 bits per heavy atom. The van der Waals surface area contributed by atoms with Gasteiger partial charge in [0.25, 0.3) is 0 Å². The second-order valence-corrected chi connectivity index (χ2v) is 12.4. The lowest BCUT2D eigenvalue weighted by molar-refractivity contribution is 1.16. The van der Waals surface area contributed by atoms with Gasteiger partial charge in [-0.3, -0.25) is 0 Å². The first-order valence-electron chi connectivity index (χ1n) is 14.7. The summed E-state index contributed by atoms with van der Waals surface area (Å²) in [7, 11) is 0. The van der Waals surface area contributed by atoms with E-state index in [9.17, 15) is 0 Å². The summed E-state index contributed by atoms with van der Waals surface area (Å²) in [4.78, 5) is 0. The van der Waals surface area contributed by atoms with Crippen LogP contribution >= 0.6 is 11.3 Å². The van der Waals surface area contributed by atoms with Gasteiger partial charge in [0.2, 0.25) is 0 Å². The number of aromatic nitrogens is 2. The Hall–Kier alpha value is -5.38. The fraction of sp³-hybridized carbons (Fsp3) is 0. The van der Waals surface area contributed by atoms with E-state index in [1.165, 1.54) is 85.9 Å². The molecule has 7 aromatic carbocycles. The number of hydrogen-bond acceptors (Lipinski definition) is 1. The zero-order valence-corrected chi connectivity index (χ0v) is 24.0. The minimum Gasteiger partial charge on any atom is -0.309 e. The fourth-order valence-electron chi connectivity index (χ4n) is 7.27. The minimum atomic E-state index is 1.17. The highest BCUT2D eigenvalue weighted by Crippen LogP contribution is 2.44. The first kappa shape index (κ1) is 23.2. The number of fused-ring (bicyclic) bond motifs is 11. The quantitative estimate of drug-likeness (QED) is 0.198. The van der Waals surface area contributed by atoms with Gasteiger partial charge in [-0.25, -0.2) is 0 Å². The molecule has 0 amide bonds. The first-order chi connectivity index (χ1) is 21.3. The third kappa shape index (κ3) is 3.12. The molecule has 3 heterocycles. The van der Waals surface area contributed by atoms with Crippen LogP contribution in [0.25, 0.3) is 85.9 Å². The second-order valence-electron chi connectivity index (χ2n) is 11.3. The molecule has 0 N–H and O–H groups in total. The van der Waals surface area contributed by atoms with E-state index < -0.39 is 0 Å². The molecule has 0 fully saturated rings. The maximum absolute atomic E-state index is 2.49. The maximum Gasteiger partial charge on any atom is 0.0562 e. The zero-order chi connectivity index (χ0) is 28.1. The van der Waals surface area contributed by atoms with Crippen LogP contribution in [0, 0.1) is 0 Å². The lowest BCUT2D eigenvalue weighted by atomic mass is 10.1. The summed E-state index contributed by atoms with van der Waals surface area (Å²) in [5, 5.41) is 10.3. The molecule has 0 bridgehead atoms. The summed E-state index contributed by atoms with van der Waals surface area (Å²) in [5.41, 5.74) is 7.28. The molecule has 200 valence electrons. The molecule has 0 aliphatic carbocycles. The van der Waals surface area contributed by atoms with Crippen molar-refractivity contribution < 1.29 is 0 Å². The Morgan fingerprint density at radius 1 is 0.395 bits per heavy atom. The van der Waals surface area contributed by atoms with Crippen LogP contribution in [0.1, 0.15) is 0 Å². The number of hydrogen-bond donors (Lipinski definition) is 0. The van der Waals surface area contributed by atoms with Crippen LogP contribution in [-0.2, 0) is 0 Å². The summed E-state index contributed by atoms with van der Waals surface area (Å²) in [6.45, 7) is 0. The molecular weight excluding hydrogens is 541 g/mol. The van der Waals surface area contributed by atoms with Gasteiger partial charge in [0.05, 0.1) is 27.8 Å². The molecule has 3 heteroatoms. The van der Waals surface area contributed by atoms with Gasteiger partial charge in [-0.05, 0) is 47.9 Å². The van der Waals surface area contributed by atoms with Crippen LogP contribution in [0.5, 0.6) is 0 Å². The molecule has 3 aromatic heterocycles. The lowest BCUT2D eigenvalue weighted by Crippen LogP contribution is -1.97. The molecule has 0 radical (unpaired) electrons. The highest BCUT2D eigenvalue weighted by molar-refractivity contribution is 7.26. The molecule has 10 rings (SSSR count). The van der Waals surface area contributed by atoms with Crippen molar-refractivity contribution in [2.45, 2.75) is 0 Å². The lowest BCUT2D eigenvalue weighted by Gasteiger charge is -2.13. The van der Waals surface area contributed by atoms with E-state index >= 15 is 0 Å². The average Bonchev–Trinajstić information content (AvgIpc) is 3.72. The van der Waals surface area contributed by atoms with Gasteiger partial charge in [-0.15, -0.1) is 11.3 Å². The number of benzene rings is 7. The van der Waals surface area contributed by atoms with Crippen molar-refractivity contribution in [1.29, 1.82) is 0 Å². The van der Waals surface area contributed by atoms with E-state index in [0.29, 0.717) is 0 Å². The van der Waals surface area contributed by atoms with E-state index in [0.717, 1.165) is 0 Å². The Bertz CT molecular complexity index is 2680. The van der Waals surface area contributed by atoms with Crippen LogP contribution in [0.15, 0.2) is 146 Å². The summed E-state index contributed by atoms with van der Waals surface area (Å²) in [5.74, 6) is 0. The molecule has 0 saturated heterocycles. The molecule has 0 spiro atoms. The maximum atomic E-state index is 2.49. The van der Waals surface area contributed by atoms with Gasteiger partial charge in [0, 0.05) is 52.8 Å². The molecule has 0 atom stereocenters. The molecule has 43 heavy (non-hydrogen) atoms. The van der Waals surface area contributed by atoms with E-state index in [1.54, 1.807) is 0 Å². The first-order valence-corrected chi connectivity index (χ1v) is 15.5. The van der Waals surface area contributed by atoms with Gasteiger partial charge in [-0.1, -0.05) is 103 Å². The largest absolute Gasteiger partial charge is 0.309 e. The summed E-state index contributed by atoms with van der Waals surface area (Å²) in [6, 6.07) is 53.4. The predicted molar refractivity (Wildman–Crippen MR) is 186 cm³/mol. The van der Waals surface area contributed by atoms with E-state index in [2.05, 4.69) is 155 Å². The Labute approximate surface area is 251 Å². The van der Waals surface area contributed by atoms with Crippen molar-refractivity contribution in [3.63, 3.8) is 0 Å². The number of nitrogens with zero attached hydrogens (tertiary/aromatic N) is 2. The third-order valence-electron chi connectivity index (χ3n) is 9.10. The average molecular weight is 565 g/mol. The number of rotatable bonds is 2. The monoisotopic (exact) mass is 564 g/mol. The fourth-order valence-corrected chi connectivity index (χ4v) is 8.53. The molecule has 0 aliphatic heterocycles. The molecule has 0 aliphatic rings. The van der Waals surface area contributed by atoms with Gasteiger partial charge in [0.1, 0.15) is 0 Å². The van der Waals surface area contributed by atoms with Crippen LogP contribution < -0.4 is 0 Å². The van der Waals surface area contributed by atoms with Crippen molar-refractivity contribution in [1.82, 2.24) is 9.13 Å². The van der Waals surface area contributed by atoms with Crippen molar-refractivity contribution in [3.8, 4) is 11.4 Å². The van der Waals surface area contributed by atoms with Gasteiger partial charge >= 0.3 is 0 Å². The van der Waals surface area contributed by atoms with Crippen molar-refractivity contribution in [3.05, 3.63) is 146 Å². The Balaban J connectivity index is 1.39. The van der Waals surface area contributed by atoms with E-state index in [-0.39, 0.29) is 0 Å². The number of thiophene rings is 1. The van der Waals surface area contributed by atoms with Gasteiger partial charge in [0.15, 0.2) is 0 Å². The van der Waals surface area contributed by atoms with E-state index in [1.807, 2.05) is 11.3 Å². The smallest absolute Gasteiger partial charge is 0.0562 e. The predicted octanol–water partition coefficient (Wildman–Crippen LogP) is 11.4. The normalized spacial score (nSPS) is 12.2. The Kier molecular flexibility index (Phi) is 4.63. The standard InChI is InChI=1S/C40H24N2S/c1-2-12-27-25(10-1)11-9-18-33(27)42-36-23-22-31-30-15-5-8-19-38(30)43-40(31)39(36)32-21-20-26(24-37(32)42)41-34-16-6-3-13-28(34)29-14-4-7-17-35(29)41/h1-24H. The van der Waals surface area contributed by atoms with E-state index in [4.69, 9.17) is 0 Å². The molecular formula is C40H24N2S. The summed E-state index contributed by atoms with van der Waals surface area (Å²) >= 11 is 1.91. The van der Waals surface area contributed by atoms with Gasteiger partial charge < -0.3 is 9.13 Å². The second kappa shape index (κ2) is 8.57. The Morgan fingerprint density at radius 3 is 1.86 bits per heavy atom. The van der Waals surface area contributed by atoms with Crippen LogP contribution in [0.3, 0.4) is 0 Å². The minimum absolute atomic E-state index is 1.17. The highest BCUT2D eigenvalue weighted by atomic mass is 32.1. The highest BCUT2D eigenvalue weighted by Gasteiger charge is 2.20. The van der Waals surface area contributed by atoms with Crippen LogP contribution in [-0.4, -0.2) is 9.13 Å². The SMILES string of the molecule is c1ccc2c(-n3c4cc(-n5c6ccccc6c6ccccc65)ccc4c4c5sc6ccccc6c5ccc43)cccc2c1. The van der Waals surface area contributed by atoms with Crippen molar-refractivity contribution in [2.24, 2.45) is 0 Å². The molecule has 0 saturated carbocycles. The molecule has 10 aromatic rings. The summed E-state index contributed by atoms with van der Waals surface area (Å²) < 4.78 is 7.60. The third-order valence-corrected chi connectivity index (χ3v) is 10.3. The number of para-hydroxylation sites is 2. The molecule has 2 nitrogen and oxygen atoms in total. The topological polar surface area (TPSA) is 9.86 Å². The molecule has 0 unspecified atom stereocenters. The van der Waals surface area contributed by atoms with Crippen LogP contribution in [0.2, 0.25) is 0 Å². The summed E-state index contributed by atoms with van der Waals surface area (Å²) in [6.07, 6.45) is 0. The van der Waals surface area contributed by atoms with Crippen molar-refractivity contribution in [2.75, 3.05) is 0 Å². The zero-order valence-electron chi connectivity index (χ0n) is 23.2. The van der Waals surface area contributed by atoms with Gasteiger partial charge in [-0.2, -0.15) is 0 Å².